The van der Waals surface area contributed by atoms with Crippen molar-refractivity contribution in [2.45, 2.75) is 17.9 Å². The molecule has 0 saturated carbocycles. The van der Waals surface area contributed by atoms with Crippen LogP contribution in [-0.4, -0.2) is 26.6 Å². The normalized spacial score (nSPS) is 13.2. The number of rotatable bonds is 3. The number of carbonyl (C=O) groups is 1. The fourth-order valence-corrected chi connectivity index (χ4v) is 1.67. The number of nitrogens with one attached hydrogen (secondary N) is 1. The van der Waals surface area contributed by atoms with Gasteiger partial charge in [0.05, 0.1) is 10.9 Å². The maximum absolute atomic E-state index is 11.2. The molecule has 0 aromatic heterocycles. The number of anilines is 1. The van der Waals surface area contributed by atoms with Crippen molar-refractivity contribution in [2.24, 2.45) is 5.73 Å². The van der Waals surface area contributed by atoms with Crippen molar-refractivity contribution in [1.29, 1.82) is 0 Å². The molecule has 0 fully saturated rings. The van der Waals surface area contributed by atoms with E-state index in [2.05, 4.69) is 5.32 Å². The van der Waals surface area contributed by atoms with E-state index in [1.54, 1.807) is 6.92 Å². The zero-order chi connectivity index (χ0) is 12.3. The molecule has 0 radical (unpaired) electrons. The molecule has 1 rings (SSSR count). The largest absolute Gasteiger partial charge is 0.325 e. The van der Waals surface area contributed by atoms with Gasteiger partial charge in [-0.1, -0.05) is 0 Å². The molecular weight excluding hydrogens is 228 g/mol. The highest BCUT2D eigenvalue weighted by Gasteiger charge is 2.09. The number of sulfone groups is 1. The van der Waals surface area contributed by atoms with Crippen molar-refractivity contribution in [3.05, 3.63) is 24.3 Å². The third-order valence-electron chi connectivity index (χ3n) is 1.96. The van der Waals surface area contributed by atoms with Crippen LogP contribution >= 0.6 is 0 Å². The first-order chi connectivity index (χ1) is 7.30. The molecule has 1 aromatic rings. The van der Waals surface area contributed by atoms with E-state index in [-0.39, 0.29) is 10.8 Å². The van der Waals surface area contributed by atoms with Gasteiger partial charge in [-0.2, -0.15) is 0 Å². The Morgan fingerprint density at radius 2 is 1.81 bits per heavy atom. The van der Waals surface area contributed by atoms with E-state index >= 15 is 0 Å². The molecular formula is C10H14N2O3S. The van der Waals surface area contributed by atoms with Crippen LogP contribution in [0.15, 0.2) is 29.2 Å². The standard InChI is InChI=1S/C10H14N2O3S/c1-7(11)10(13)12-8-3-5-9(6-4-8)16(2,14)15/h3-7H,11H2,1-2H3,(H,12,13). The van der Waals surface area contributed by atoms with Gasteiger partial charge in [0.25, 0.3) is 0 Å². The second-order valence-corrected chi connectivity index (χ2v) is 5.59. The third-order valence-corrected chi connectivity index (χ3v) is 3.09. The summed E-state index contributed by atoms with van der Waals surface area (Å²) < 4.78 is 22.3. The van der Waals surface area contributed by atoms with Gasteiger partial charge in [-0.3, -0.25) is 4.79 Å². The Balaban J connectivity index is 2.84. The van der Waals surface area contributed by atoms with Gasteiger partial charge >= 0.3 is 0 Å². The van der Waals surface area contributed by atoms with Gasteiger partial charge in [0.2, 0.25) is 5.91 Å². The predicted octanol–water partition coefficient (Wildman–Crippen LogP) is 0.376. The molecule has 88 valence electrons. The van der Waals surface area contributed by atoms with E-state index in [4.69, 9.17) is 5.73 Å². The lowest BCUT2D eigenvalue weighted by molar-refractivity contribution is -0.117. The number of amides is 1. The van der Waals surface area contributed by atoms with Crippen molar-refractivity contribution < 1.29 is 13.2 Å². The van der Waals surface area contributed by atoms with Gasteiger partial charge in [-0.25, -0.2) is 8.42 Å². The summed E-state index contributed by atoms with van der Waals surface area (Å²) in [6.45, 7) is 1.57. The summed E-state index contributed by atoms with van der Waals surface area (Å²) >= 11 is 0. The molecule has 0 spiro atoms. The number of benzene rings is 1. The SMILES string of the molecule is CC(N)C(=O)Nc1ccc(S(C)(=O)=O)cc1. The van der Waals surface area contributed by atoms with Crippen LogP contribution in [0.25, 0.3) is 0 Å². The van der Waals surface area contributed by atoms with E-state index < -0.39 is 15.9 Å². The van der Waals surface area contributed by atoms with Crippen LogP contribution in [0, 0.1) is 0 Å². The van der Waals surface area contributed by atoms with E-state index in [0.717, 1.165) is 6.26 Å². The van der Waals surface area contributed by atoms with Gasteiger partial charge in [-0.15, -0.1) is 0 Å². The third kappa shape index (κ3) is 3.32. The quantitative estimate of drug-likeness (QED) is 0.801. The molecule has 0 saturated heterocycles. The van der Waals surface area contributed by atoms with Crippen LogP contribution in [0.2, 0.25) is 0 Å². The minimum absolute atomic E-state index is 0.214. The Labute approximate surface area is 94.6 Å². The summed E-state index contributed by atoms with van der Waals surface area (Å²) in [5.41, 5.74) is 5.90. The number of hydrogen-bond acceptors (Lipinski definition) is 4. The zero-order valence-electron chi connectivity index (χ0n) is 9.10. The Morgan fingerprint density at radius 1 is 1.31 bits per heavy atom. The van der Waals surface area contributed by atoms with E-state index in [0.29, 0.717) is 5.69 Å². The molecule has 0 heterocycles. The maximum Gasteiger partial charge on any atom is 0.240 e. The summed E-state index contributed by atoms with van der Waals surface area (Å²) in [5.74, 6) is -0.313. The molecule has 1 aromatic carbocycles. The minimum atomic E-state index is -3.20. The minimum Gasteiger partial charge on any atom is -0.325 e. The zero-order valence-corrected chi connectivity index (χ0v) is 9.91. The fourth-order valence-electron chi connectivity index (χ4n) is 1.04. The van der Waals surface area contributed by atoms with Gasteiger partial charge in [0.1, 0.15) is 0 Å². The van der Waals surface area contributed by atoms with Gasteiger partial charge in [0, 0.05) is 11.9 Å². The van der Waals surface area contributed by atoms with Crippen LogP contribution in [0.4, 0.5) is 5.69 Å². The van der Waals surface area contributed by atoms with Crippen LogP contribution in [-0.2, 0) is 14.6 Å². The van der Waals surface area contributed by atoms with Crippen LogP contribution < -0.4 is 11.1 Å². The smallest absolute Gasteiger partial charge is 0.240 e. The molecule has 1 amide bonds. The molecule has 6 heteroatoms. The highest BCUT2D eigenvalue weighted by atomic mass is 32.2. The van der Waals surface area contributed by atoms with Crippen molar-refractivity contribution in [3.8, 4) is 0 Å². The van der Waals surface area contributed by atoms with Crippen molar-refractivity contribution in [1.82, 2.24) is 0 Å². The molecule has 3 N–H and O–H groups in total. The summed E-state index contributed by atoms with van der Waals surface area (Å²) in [4.78, 5) is 11.5. The van der Waals surface area contributed by atoms with E-state index in [9.17, 15) is 13.2 Å². The molecule has 0 aliphatic carbocycles. The Hall–Kier alpha value is -1.40. The van der Waals surface area contributed by atoms with Gasteiger partial charge in [-0.05, 0) is 31.2 Å². The molecule has 0 bridgehead atoms. The van der Waals surface area contributed by atoms with Gasteiger partial charge in [0.15, 0.2) is 9.84 Å². The second kappa shape index (κ2) is 4.63. The highest BCUT2D eigenvalue weighted by Crippen LogP contribution is 2.13. The maximum atomic E-state index is 11.2. The van der Waals surface area contributed by atoms with Crippen molar-refractivity contribution in [3.63, 3.8) is 0 Å². The number of hydrogen-bond donors (Lipinski definition) is 2. The molecule has 1 atom stereocenters. The van der Waals surface area contributed by atoms with Crippen LogP contribution in [0.3, 0.4) is 0 Å². The molecule has 1 unspecified atom stereocenters. The second-order valence-electron chi connectivity index (χ2n) is 3.57. The fraction of sp³-hybridized carbons (Fsp3) is 0.300. The molecule has 16 heavy (non-hydrogen) atoms. The first kappa shape index (κ1) is 12.7. The average Bonchev–Trinajstić information content (AvgIpc) is 2.17. The van der Waals surface area contributed by atoms with Gasteiger partial charge < -0.3 is 11.1 Å². The van der Waals surface area contributed by atoms with E-state index in [1.807, 2.05) is 0 Å². The molecule has 0 aliphatic heterocycles. The molecule has 5 nitrogen and oxygen atoms in total. The first-order valence-electron chi connectivity index (χ1n) is 4.67. The topological polar surface area (TPSA) is 89.3 Å². The van der Waals surface area contributed by atoms with E-state index in [1.165, 1.54) is 24.3 Å². The lowest BCUT2D eigenvalue weighted by atomic mass is 10.3. The van der Waals surface area contributed by atoms with Crippen molar-refractivity contribution >= 4 is 21.4 Å². The predicted molar refractivity (Wildman–Crippen MR) is 61.8 cm³/mol. The molecule has 0 aliphatic rings. The summed E-state index contributed by atoms with van der Waals surface area (Å²) in [6, 6.07) is 5.32. The van der Waals surface area contributed by atoms with Crippen molar-refractivity contribution in [2.75, 3.05) is 11.6 Å². The summed E-state index contributed by atoms with van der Waals surface area (Å²) in [7, 11) is -3.20. The number of carbonyl (C=O) groups excluding carboxylic acids is 1. The van der Waals surface area contributed by atoms with Crippen LogP contribution in [0.5, 0.6) is 0 Å². The monoisotopic (exact) mass is 242 g/mol. The lowest BCUT2D eigenvalue weighted by Crippen LogP contribution is -2.32. The average molecular weight is 242 g/mol. The first-order valence-corrected chi connectivity index (χ1v) is 6.56. The summed E-state index contributed by atoms with van der Waals surface area (Å²) in [5, 5.41) is 2.56. The summed E-state index contributed by atoms with van der Waals surface area (Å²) in [6.07, 6.45) is 1.13. The number of nitrogens with two attached hydrogens (primary N) is 1. The highest BCUT2D eigenvalue weighted by molar-refractivity contribution is 7.90. The Kier molecular flexibility index (Phi) is 3.66. The van der Waals surface area contributed by atoms with Crippen LogP contribution in [0.1, 0.15) is 6.92 Å². The Bertz CT molecular complexity index is 477. The lowest BCUT2D eigenvalue weighted by Gasteiger charge is -2.07. The Morgan fingerprint density at radius 3 is 2.19 bits per heavy atom.